The number of nitrogens with one attached hydrogen (secondary N) is 1. The minimum Gasteiger partial charge on any atom is -0.271 e. The third-order valence-corrected chi connectivity index (χ3v) is 5.96. The molecule has 1 atom stereocenters. The van der Waals surface area contributed by atoms with Gasteiger partial charge in [-0.1, -0.05) is 0 Å². The predicted octanol–water partition coefficient (Wildman–Crippen LogP) is 2.63. The molecule has 0 spiro atoms. The highest BCUT2D eigenvalue weighted by atomic mass is 79.9. The maximum atomic E-state index is 5.64. The zero-order chi connectivity index (χ0) is 13.1. The number of thiophene rings is 1. The molecule has 0 amide bonds. The van der Waals surface area contributed by atoms with E-state index in [1.807, 2.05) is 11.6 Å². The normalized spacial score (nSPS) is 12.9. The predicted molar refractivity (Wildman–Crippen MR) is 79.2 cm³/mol. The van der Waals surface area contributed by atoms with Crippen molar-refractivity contribution >= 4 is 43.2 Å². The Kier molecular flexibility index (Phi) is 4.91. The zero-order valence-electron chi connectivity index (χ0n) is 9.73. The Hall–Kier alpha value is -0.280. The molecule has 2 aromatic heterocycles. The van der Waals surface area contributed by atoms with Crippen LogP contribution in [0.3, 0.4) is 0 Å². The van der Waals surface area contributed by atoms with Gasteiger partial charge in [-0.15, -0.1) is 11.3 Å². The Morgan fingerprint density at radius 2 is 2.33 bits per heavy atom. The van der Waals surface area contributed by atoms with Crippen LogP contribution >= 0.6 is 43.2 Å². The molecule has 2 rings (SSSR count). The SMILES string of the molecule is CCn1ncnc1CC(NN)c1cc(Br)c(Br)s1. The third kappa shape index (κ3) is 3.00. The Balaban J connectivity index is 2.19. The van der Waals surface area contributed by atoms with Crippen molar-refractivity contribution in [1.29, 1.82) is 0 Å². The van der Waals surface area contributed by atoms with E-state index in [2.05, 4.69) is 53.4 Å². The topological polar surface area (TPSA) is 68.8 Å². The molecule has 5 nitrogen and oxygen atoms in total. The number of nitrogens with zero attached hydrogens (tertiary/aromatic N) is 3. The second-order valence-corrected chi connectivity index (χ2v) is 6.94. The molecule has 98 valence electrons. The molecule has 18 heavy (non-hydrogen) atoms. The number of aromatic nitrogens is 3. The Bertz CT molecular complexity index is 505. The summed E-state index contributed by atoms with van der Waals surface area (Å²) >= 11 is 8.62. The zero-order valence-corrected chi connectivity index (χ0v) is 13.7. The van der Waals surface area contributed by atoms with Gasteiger partial charge in [0, 0.05) is 22.3 Å². The van der Waals surface area contributed by atoms with E-state index in [0.717, 1.165) is 25.5 Å². The van der Waals surface area contributed by atoms with Gasteiger partial charge in [0.05, 0.1) is 9.83 Å². The molecule has 1 unspecified atom stereocenters. The lowest BCUT2D eigenvalue weighted by molar-refractivity contribution is 0.516. The summed E-state index contributed by atoms with van der Waals surface area (Å²) < 4.78 is 3.98. The van der Waals surface area contributed by atoms with Crippen molar-refractivity contribution in [2.45, 2.75) is 25.9 Å². The van der Waals surface area contributed by atoms with E-state index in [-0.39, 0.29) is 6.04 Å². The monoisotopic (exact) mass is 393 g/mol. The molecule has 0 saturated heterocycles. The summed E-state index contributed by atoms with van der Waals surface area (Å²) in [7, 11) is 0. The lowest BCUT2D eigenvalue weighted by atomic mass is 10.2. The van der Waals surface area contributed by atoms with Gasteiger partial charge in [-0.3, -0.25) is 16.0 Å². The molecule has 8 heteroatoms. The average molecular weight is 395 g/mol. The van der Waals surface area contributed by atoms with Gasteiger partial charge in [0.1, 0.15) is 12.2 Å². The van der Waals surface area contributed by atoms with E-state index >= 15 is 0 Å². The maximum absolute atomic E-state index is 5.64. The first-order valence-electron chi connectivity index (χ1n) is 5.43. The van der Waals surface area contributed by atoms with Crippen LogP contribution in [-0.4, -0.2) is 14.8 Å². The molecule has 0 aliphatic heterocycles. The summed E-state index contributed by atoms with van der Waals surface area (Å²) in [6.45, 7) is 2.85. The highest BCUT2D eigenvalue weighted by Gasteiger charge is 2.17. The smallest absolute Gasteiger partial charge is 0.138 e. The van der Waals surface area contributed by atoms with Crippen molar-refractivity contribution in [3.05, 3.63) is 31.4 Å². The van der Waals surface area contributed by atoms with E-state index in [4.69, 9.17) is 5.84 Å². The highest BCUT2D eigenvalue weighted by molar-refractivity contribution is 9.13. The van der Waals surface area contributed by atoms with Crippen molar-refractivity contribution < 1.29 is 0 Å². The fourth-order valence-electron chi connectivity index (χ4n) is 1.67. The fourth-order valence-corrected chi connectivity index (χ4v) is 3.82. The van der Waals surface area contributed by atoms with E-state index in [0.29, 0.717) is 6.42 Å². The first-order chi connectivity index (χ1) is 8.65. The number of nitrogens with two attached hydrogens (primary N) is 1. The van der Waals surface area contributed by atoms with E-state index in [1.165, 1.54) is 0 Å². The summed E-state index contributed by atoms with van der Waals surface area (Å²) in [6.07, 6.45) is 2.29. The first kappa shape index (κ1) is 14.1. The largest absolute Gasteiger partial charge is 0.271 e. The molecule has 3 N–H and O–H groups in total. The molecule has 2 aromatic rings. The van der Waals surface area contributed by atoms with Crippen LogP contribution in [0.15, 0.2) is 20.7 Å². The van der Waals surface area contributed by atoms with Gasteiger partial charge < -0.3 is 0 Å². The molecular formula is C10H13Br2N5S. The summed E-state index contributed by atoms with van der Waals surface area (Å²) in [5, 5.41) is 4.16. The minimum absolute atomic E-state index is 0.0344. The highest BCUT2D eigenvalue weighted by Crippen LogP contribution is 2.36. The second-order valence-electron chi connectivity index (χ2n) is 3.69. The van der Waals surface area contributed by atoms with Crippen LogP contribution in [0.25, 0.3) is 0 Å². The molecular weight excluding hydrogens is 382 g/mol. The molecule has 0 fully saturated rings. The van der Waals surface area contributed by atoms with Crippen LogP contribution < -0.4 is 11.3 Å². The molecule has 0 aromatic carbocycles. The van der Waals surface area contributed by atoms with Crippen molar-refractivity contribution in [2.75, 3.05) is 0 Å². The number of aryl methyl sites for hydroxylation is 1. The van der Waals surface area contributed by atoms with Gasteiger partial charge >= 0.3 is 0 Å². The van der Waals surface area contributed by atoms with Crippen LogP contribution in [-0.2, 0) is 13.0 Å². The van der Waals surface area contributed by atoms with Gasteiger partial charge in [-0.25, -0.2) is 4.98 Å². The van der Waals surface area contributed by atoms with E-state index in [9.17, 15) is 0 Å². The van der Waals surface area contributed by atoms with E-state index < -0.39 is 0 Å². The Morgan fingerprint density at radius 1 is 1.56 bits per heavy atom. The lowest BCUT2D eigenvalue weighted by Gasteiger charge is -2.13. The van der Waals surface area contributed by atoms with Gasteiger partial charge in [0.25, 0.3) is 0 Å². The fraction of sp³-hybridized carbons (Fsp3) is 0.400. The number of halogens is 2. The van der Waals surface area contributed by atoms with Gasteiger partial charge in [0.2, 0.25) is 0 Å². The molecule has 0 bridgehead atoms. The van der Waals surface area contributed by atoms with Crippen molar-refractivity contribution in [2.24, 2.45) is 5.84 Å². The molecule has 0 aliphatic rings. The van der Waals surface area contributed by atoms with E-state index in [1.54, 1.807) is 17.7 Å². The van der Waals surface area contributed by atoms with Gasteiger partial charge in [-0.2, -0.15) is 5.10 Å². The van der Waals surface area contributed by atoms with Gasteiger partial charge in [0.15, 0.2) is 0 Å². The van der Waals surface area contributed by atoms with Crippen LogP contribution in [0.1, 0.15) is 23.7 Å². The lowest BCUT2D eigenvalue weighted by Crippen LogP contribution is -2.29. The number of rotatable bonds is 5. The van der Waals surface area contributed by atoms with Crippen LogP contribution in [0, 0.1) is 0 Å². The molecule has 2 heterocycles. The third-order valence-electron chi connectivity index (χ3n) is 2.59. The standard InChI is InChI=1S/C10H13Br2N5S/c1-2-17-9(14-5-15-17)4-7(16-13)8-3-6(11)10(12)18-8/h3,5,7,16H,2,4,13H2,1H3. The maximum Gasteiger partial charge on any atom is 0.138 e. The Labute approximate surface area is 126 Å². The molecule has 0 aliphatic carbocycles. The van der Waals surface area contributed by atoms with Crippen LogP contribution in [0.4, 0.5) is 0 Å². The summed E-state index contributed by atoms with van der Waals surface area (Å²) in [4.78, 5) is 5.42. The van der Waals surface area contributed by atoms with Crippen LogP contribution in [0.2, 0.25) is 0 Å². The number of hydrazine groups is 1. The minimum atomic E-state index is 0.0344. The summed E-state index contributed by atoms with van der Waals surface area (Å²) in [5.74, 6) is 6.57. The summed E-state index contributed by atoms with van der Waals surface area (Å²) in [5.41, 5.74) is 2.84. The second kappa shape index (κ2) is 6.25. The van der Waals surface area contributed by atoms with Crippen molar-refractivity contribution in [3.63, 3.8) is 0 Å². The quantitative estimate of drug-likeness (QED) is 0.604. The molecule has 0 saturated carbocycles. The first-order valence-corrected chi connectivity index (χ1v) is 7.83. The number of hydrogen-bond donors (Lipinski definition) is 2. The summed E-state index contributed by atoms with van der Waals surface area (Å²) in [6, 6.07) is 2.10. The van der Waals surface area contributed by atoms with Crippen molar-refractivity contribution in [1.82, 2.24) is 20.2 Å². The van der Waals surface area contributed by atoms with Crippen molar-refractivity contribution in [3.8, 4) is 0 Å². The molecule has 0 radical (unpaired) electrons. The average Bonchev–Trinajstić information content (AvgIpc) is 2.93. The Morgan fingerprint density at radius 3 is 2.89 bits per heavy atom. The van der Waals surface area contributed by atoms with Gasteiger partial charge in [-0.05, 0) is 44.8 Å². The number of hydrogen-bond acceptors (Lipinski definition) is 5. The van der Waals surface area contributed by atoms with Crippen LogP contribution in [0.5, 0.6) is 0 Å².